The Balaban J connectivity index is 1.51. The minimum absolute atomic E-state index is 0.0989. The van der Waals surface area contributed by atoms with E-state index in [0.29, 0.717) is 18.6 Å². The molecular weight excluding hydrogens is 318 g/mol. The van der Waals surface area contributed by atoms with E-state index in [2.05, 4.69) is 22.4 Å². The third-order valence-electron chi connectivity index (χ3n) is 4.51. The Bertz CT molecular complexity index is 706. The van der Waals surface area contributed by atoms with Crippen LogP contribution in [0.25, 0.3) is 5.65 Å². The van der Waals surface area contributed by atoms with Crippen LogP contribution in [0.1, 0.15) is 45.5 Å². The summed E-state index contributed by atoms with van der Waals surface area (Å²) in [7, 11) is 0. The van der Waals surface area contributed by atoms with Gasteiger partial charge in [0.1, 0.15) is 0 Å². The van der Waals surface area contributed by atoms with Gasteiger partial charge in [-0.15, -0.1) is 10.2 Å². The maximum Gasteiger partial charge on any atom is 0.409 e. The van der Waals surface area contributed by atoms with Crippen LogP contribution in [0.2, 0.25) is 0 Å². The van der Waals surface area contributed by atoms with Crippen molar-refractivity contribution in [3.63, 3.8) is 0 Å². The molecule has 1 aliphatic heterocycles. The van der Waals surface area contributed by atoms with Gasteiger partial charge in [0.15, 0.2) is 11.5 Å². The minimum Gasteiger partial charge on any atom is -0.449 e. The first-order chi connectivity index (χ1) is 12.0. The number of hydrogen-bond acceptors (Lipinski definition) is 5. The molecule has 1 aliphatic rings. The van der Waals surface area contributed by atoms with Crippen molar-refractivity contribution in [2.24, 2.45) is 5.92 Å². The first-order valence-electron chi connectivity index (χ1n) is 9.02. The zero-order valence-electron chi connectivity index (χ0n) is 15.2. The highest BCUT2D eigenvalue weighted by Gasteiger charge is 2.25. The van der Waals surface area contributed by atoms with Gasteiger partial charge < -0.3 is 15.0 Å². The molecule has 0 aliphatic carbocycles. The van der Waals surface area contributed by atoms with Crippen molar-refractivity contribution in [3.8, 4) is 0 Å². The lowest BCUT2D eigenvalue weighted by molar-refractivity contribution is 0.0811. The number of nitrogens with one attached hydrogen (secondary N) is 1. The Hall–Kier alpha value is -2.15. The van der Waals surface area contributed by atoms with Crippen molar-refractivity contribution >= 4 is 11.7 Å². The third-order valence-corrected chi connectivity index (χ3v) is 4.51. The molecule has 7 heteroatoms. The molecule has 1 unspecified atom stereocenters. The molecule has 0 spiro atoms. The van der Waals surface area contributed by atoms with E-state index in [4.69, 9.17) is 4.74 Å². The second-order valence-corrected chi connectivity index (χ2v) is 7.11. The van der Waals surface area contributed by atoms with Gasteiger partial charge in [-0.3, -0.25) is 4.40 Å². The van der Waals surface area contributed by atoms with E-state index in [1.807, 2.05) is 42.6 Å². The van der Waals surface area contributed by atoms with Crippen LogP contribution in [0.3, 0.4) is 0 Å². The van der Waals surface area contributed by atoms with Gasteiger partial charge in [-0.05, 0) is 37.8 Å². The quantitative estimate of drug-likeness (QED) is 0.902. The summed E-state index contributed by atoms with van der Waals surface area (Å²) in [4.78, 5) is 13.8. The van der Waals surface area contributed by atoms with E-state index < -0.39 is 0 Å². The summed E-state index contributed by atoms with van der Waals surface area (Å²) in [5, 5.41) is 12.1. The molecule has 7 nitrogen and oxygen atoms in total. The fourth-order valence-corrected chi connectivity index (χ4v) is 3.14. The molecule has 1 atom stereocenters. The standard InChI is InChI=1S/C18H27N5O2/c1-13(2)12-25-18(24)22-10-7-15(8-11-22)19-14(3)17-21-20-16-6-4-5-9-23(16)17/h4-6,9,13-15,19H,7-8,10-12H2,1-3H3. The van der Waals surface area contributed by atoms with Crippen LogP contribution >= 0.6 is 0 Å². The van der Waals surface area contributed by atoms with Crippen molar-refractivity contribution in [3.05, 3.63) is 30.2 Å². The van der Waals surface area contributed by atoms with Gasteiger partial charge >= 0.3 is 6.09 Å². The molecule has 0 saturated carbocycles. The maximum atomic E-state index is 12.0. The highest BCUT2D eigenvalue weighted by atomic mass is 16.6. The smallest absolute Gasteiger partial charge is 0.409 e. The molecular formula is C18H27N5O2. The molecule has 136 valence electrons. The lowest BCUT2D eigenvalue weighted by atomic mass is 10.0. The van der Waals surface area contributed by atoms with E-state index in [9.17, 15) is 4.79 Å². The molecule has 0 aromatic carbocycles. The van der Waals surface area contributed by atoms with E-state index in [1.54, 1.807) is 4.90 Å². The van der Waals surface area contributed by atoms with E-state index >= 15 is 0 Å². The number of carbonyl (C=O) groups excluding carboxylic acids is 1. The molecule has 2 aromatic heterocycles. The van der Waals surface area contributed by atoms with E-state index in [0.717, 1.165) is 37.4 Å². The van der Waals surface area contributed by atoms with Crippen molar-refractivity contribution < 1.29 is 9.53 Å². The van der Waals surface area contributed by atoms with Crippen molar-refractivity contribution in [1.29, 1.82) is 0 Å². The Morgan fingerprint density at radius 2 is 2.04 bits per heavy atom. The summed E-state index contributed by atoms with van der Waals surface area (Å²) in [6.45, 7) is 8.11. The van der Waals surface area contributed by atoms with Crippen LogP contribution in [0.15, 0.2) is 24.4 Å². The van der Waals surface area contributed by atoms with Crippen molar-refractivity contribution in [2.75, 3.05) is 19.7 Å². The first kappa shape index (κ1) is 17.7. The minimum atomic E-state index is -0.191. The summed E-state index contributed by atoms with van der Waals surface area (Å²) in [6.07, 6.45) is 3.62. The number of carbonyl (C=O) groups is 1. The summed E-state index contributed by atoms with van der Waals surface area (Å²) in [5.41, 5.74) is 0.855. The summed E-state index contributed by atoms with van der Waals surface area (Å²) in [6, 6.07) is 6.35. The Morgan fingerprint density at radius 3 is 2.76 bits per heavy atom. The first-order valence-corrected chi connectivity index (χ1v) is 9.02. The number of pyridine rings is 1. The zero-order valence-corrected chi connectivity index (χ0v) is 15.2. The monoisotopic (exact) mass is 345 g/mol. The largest absolute Gasteiger partial charge is 0.449 e. The molecule has 25 heavy (non-hydrogen) atoms. The number of amides is 1. The van der Waals surface area contributed by atoms with Gasteiger partial charge in [0.25, 0.3) is 0 Å². The molecule has 0 bridgehead atoms. The number of fused-ring (bicyclic) bond motifs is 1. The predicted octanol–water partition coefficient (Wildman–Crippen LogP) is 2.64. The van der Waals surface area contributed by atoms with Gasteiger partial charge in [-0.1, -0.05) is 19.9 Å². The average molecular weight is 345 g/mol. The Kier molecular flexibility index (Phi) is 5.53. The number of aromatic nitrogens is 3. The third kappa shape index (κ3) is 4.28. The predicted molar refractivity (Wildman–Crippen MR) is 95.3 cm³/mol. The summed E-state index contributed by atoms with van der Waals surface area (Å²) >= 11 is 0. The van der Waals surface area contributed by atoms with Crippen LogP contribution in [0.5, 0.6) is 0 Å². The van der Waals surface area contributed by atoms with Crippen molar-refractivity contribution in [2.45, 2.75) is 45.7 Å². The normalized spacial score (nSPS) is 17.2. The van der Waals surface area contributed by atoms with E-state index in [-0.39, 0.29) is 12.1 Å². The van der Waals surface area contributed by atoms with Crippen molar-refractivity contribution in [1.82, 2.24) is 24.8 Å². The second kappa shape index (κ2) is 7.82. The number of nitrogens with zero attached hydrogens (tertiary/aromatic N) is 4. The number of piperidine rings is 1. The molecule has 1 amide bonds. The number of likely N-dealkylation sites (tertiary alicyclic amines) is 1. The topological polar surface area (TPSA) is 71.8 Å². The molecule has 1 fully saturated rings. The van der Waals surface area contributed by atoms with Gasteiger partial charge in [-0.2, -0.15) is 0 Å². The Labute approximate surface area is 148 Å². The maximum absolute atomic E-state index is 12.0. The lowest BCUT2D eigenvalue weighted by Gasteiger charge is -2.33. The summed E-state index contributed by atoms with van der Waals surface area (Å²) in [5.74, 6) is 1.27. The highest BCUT2D eigenvalue weighted by Crippen LogP contribution is 2.17. The zero-order chi connectivity index (χ0) is 17.8. The van der Waals surface area contributed by atoms with Crippen LogP contribution in [0.4, 0.5) is 4.79 Å². The fraction of sp³-hybridized carbons (Fsp3) is 0.611. The van der Waals surface area contributed by atoms with Crippen LogP contribution < -0.4 is 5.32 Å². The van der Waals surface area contributed by atoms with Gasteiger partial charge in [-0.25, -0.2) is 4.79 Å². The Morgan fingerprint density at radius 1 is 1.28 bits per heavy atom. The molecule has 1 saturated heterocycles. The average Bonchev–Trinajstić information content (AvgIpc) is 3.04. The fourth-order valence-electron chi connectivity index (χ4n) is 3.14. The molecule has 3 rings (SSSR count). The lowest BCUT2D eigenvalue weighted by Crippen LogP contribution is -2.46. The summed E-state index contributed by atoms with van der Waals surface area (Å²) < 4.78 is 7.32. The molecule has 1 N–H and O–H groups in total. The van der Waals surface area contributed by atoms with Crippen LogP contribution in [-0.4, -0.2) is 51.3 Å². The second-order valence-electron chi connectivity index (χ2n) is 7.11. The van der Waals surface area contributed by atoms with Crippen LogP contribution in [0, 0.1) is 5.92 Å². The van der Waals surface area contributed by atoms with Gasteiger partial charge in [0.05, 0.1) is 12.6 Å². The van der Waals surface area contributed by atoms with Gasteiger partial charge in [0.2, 0.25) is 0 Å². The van der Waals surface area contributed by atoms with E-state index in [1.165, 1.54) is 0 Å². The number of ether oxygens (including phenoxy) is 1. The molecule has 3 heterocycles. The molecule has 0 radical (unpaired) electrons. The molecule has 2 aromatic rings. The highest BCUT2D eigenvalue weighted by molar-refractivity contribution is 5.67. The SMILES string of the molecule is CC(C)COC(=O)N1CCC(NC(C)c2nnc3ccccn23)CC1. The van der Waals surface area contributed by atoms with Crippen LogP contribution in [-0.2, 0) is 4.74 Å². The number of rotatable bonds is 5. The number of hydrogen-bond donors (Lipinski definition) is 1. The van der Waals surface area contributed by atoms with Gasteiger partial charge in [0, 0.05) is 25.3 Å².